The van der Waals surface area contributed by atoms with Gasteiger partial charge in [0, 0.05) is 5.41 Å². The predicted molar refractivity (Wildman–Crippen MR) is 89.8 cm³/mol. The van der Waals surface area contributed by atoms with Crippen LogP contribution in [0.15, 0.2) is 22.9 Å². The van der Waals surface area contributed by atoms with Gasteiger partial charge in [0.2, 0.25) is 0 Å². The van der Waals surface area contributed by atoms with Gasteiger partial charge in [0.15, 0.2) is 0 Å². The van der Waals surface area contributed by atoms with Crippen molar-refractivity contribution in [2.75, 3.05) is 6.61 Å². The average Bonchev–Trinajstić information content (AvgIpc) is 3.22. The summed E-state index contributed by atoms with van der Waals surface area (Å²) >= 11 is 1.23. The lowest BCUT2D eigenvalue weighted by atomic mass is 10.0. The van der Waals surface area contributed by atoms with Crippen LogP contribution in [0.25, 0.3) is 6.08 Å². The lowest BCUT2D eigenvalue weighted by molar-refractivity contribution is -0.148. The molecule has 1 amide bonds. The van der Waals surface area contributed by atoms with Gasteiger partial charge in [-0.05, 0) is 6.08 Å². The van der Waals surface area contributed by atoms with E-state index < -0.39 is 17.9 Å². The lowest BCUT2D eigenvalue weighted by Crippen LogP contribution is -2.51. The van der Waals surface area contributed by atoms with Crippen LogP contribution in [-0.2, 0) is 30.5 Å². The second kappa shape index (κ2) is 7.61. The molecule has 142 valence electrons. The first-order valence-corrected chi connectivity index (χ1v) is 8.72. The van der Waals surface area contributed by atoms with Crippen molar-refractivity contribution >= 4 is 41.7 Å². The number of rotatable bonds is 8. The molecule has 0 bridgehead atoms. The molecule has 3 rings (SSSR count). The Morgan fingerprint density at radius 2 is 2.07 bits per heavy atom. The van der Waals surface area contributed by atoms with E-state index in [0.29, 0.717) is 11.3 Å². The Bertz CT molecular complexity index is 875. The highest BCUT2D eigenvalue weighted by Gasteiger charge is 2.49. The van der Waals surface area contributed by atoms with E-state index in [1.165, 1.54) is 32.8 Å². The van der Waals surface area contributed by atoms with Crippen molar-refractivity contribution in [1.29, 1.82) is 0 Å². The Morgan fingerprint density at radius 1 is 1.30 bits per heavy atom. The third kappa shape index (κ3) is 4.00. The van der Waals surface area contributed by atoms with Crippen LogP contribution >= 0.6 is 11.8 Å². The topological polar surface area (TPSA) is 152 Å². The Morgan fingerprint density at radius 3 is 2.78 bits per heavy atom. The van der Waals surface area contributed by atoms with Crippen LogP contribution in [0.1, 0.15) is 18.5 Å². The molecule has 1 aromatic heterocycles. The number of β-lactam (4-membered cyclic amide) rings is 1. The normalized spacial score (nSPS) is 19.5. The molecule has 1 aromatic rings. The zero-order valence-corrected chi connectivity index (χ0v) is 14.6. The van der Waals surface area contributed by atoms with Gasteiger partial charge < -0.3 is 14.9 Å². The molecule has 0 aliphatic carbocycles. The van der Waals surface area contributed by atoms with Crippen molar-refractivity contribution in [2.24, 2.45) is 0 Å². The number of fused-ring (bicyclic) bond motifs is 1. The molecule has 0 spiro atoms. The molecule has 0 radical (unpaired) electrons. The van der Waals surface area contributed by atoms with Crippen LogP contribution in [0.2, 0.25) is 0 Å². The van der Waals surface area contributed by atoms with Crippen molar-refractivity contribution in [2.45, 2.75) is 24.8 Å². The van der Waals surface area contributed by atoms with Crippen molar-refractivity contribution < 1.29 is 34.1 Å². The number of nitrogens with zero attached hydrogens (tertiary/aromatic N) is 4. The SMILES string of the molecule is O=C(O)CCC(=O)OCCn1cc(/C=C2/C(=O)N3C(C(=O)O)=CS[C@H]23)nn1. The first-order chi connectivity index (χ1) is 12.9. The van der Waals surface area contributed by atoms with E-state index in [-0.39, 0.29) is 43.0 Å². The quantitative estimate of drug-likeness (QED) is 0.347. The minimum atomic E-state index is -1.15. The summed E-state index contributed by atoms with van der Waals surface area (Å²) in [5.74, 6) is -3.22. The number of hydrogen-bond acceptors (Lipinski definition) is 8. The fraction of sp³-hybridized carbons (Fsp3) is 0.333. The van der Waals surface area contributed by atoms with Crippen molar-refractivity contribution in [3.63, 3.8) is 0 Å². The molecule has 1 atom stereocenters. The van der Waals surface area contributed by atoms with Crippen LogP contribution in [0.4, 0.5) is 0 Å². The number of aliphatic carboxylic acids is 2. The van der Waals surface area contributed by atoms with Gasteiger partial charge in [-0.1, -0.05) is 5.21 Å². The summed E-state index contributed by atoms with van der Waals surface area (Å²) in [6, 6.07) is 0. The van der Waals surface area contributed by atoms with Gasteiger partial charge >= 0.3 is 17.9 Å². The van der Waals surface area contributed by atoms with E-state index in [1.54, 1.807) is 6.20 Å². The zero-order valence-electron chi connectivity index (χ0n) is 13.8. The van der Waals surface area contributed by atoms with E-state index in [2.05, 4.69) is 10.3 Å². The minimum Gasteiger partial charge on any atom is -0.481 e. The Balaban J connectivity index is 1.51. The van der Waals surface area contributed by atoms with E-state index in [9.17, 15) is 19.2 Å². The van der Waals surface area contributed by atoms with Gasteiger partial charge in [0.05, 0.1) is 31.2 Å². The summed E-state index contributed by atoms with van der Waals surface area (Å²) in [4.78, 5) is 46.0. The molecule has 1 fully saturated rings. The number of thioether (sulfide) groups is 1. The molecule has 0 aromatic carbocycles. The third-order valence-corrected chi connectivity index (χ3v) is 4.82. The molecule has 2 aliphatic heterocycles. The maximum Gasteiger partial charge on any atom is 0.353 e. The molecular weight excluding hydrogens is 380 g/mol. The molecule has 2 aliphatic rings. The first-order valence-electron chi connectivity index (χ1n) is 7.78. The molecule has 11 nitrogen and oxygen atoms in total. The van der Waals surface area contributed by atoms with Crippen LogP contribution in [0.3, 0.4) is 0 Å². The van der Waals surface area contributed by atoms with Crippen molar-refractivity contribution in [1.82, 2.24) is 19.9 Å². The lowest BCUT2D eigenvalue weighted by Gasteiger charge is -2.36. The average molecular weight is 394 g/mol. The minimum absolute atomic E-state index is 0.00883. The number of carbonyl (C=O) groups excluding carboxylic acids is 2. The number of aromatic nitrogens is 3. The summed E-state index contributed by atoms with van der Waals surface area (Å²) in [5, 5.41) is 26.3. The molecular formula is C15H14N4O7S. The first kappa shape index (κ1) is 18.6. The van der Waals surface area contributed by atoms with Crippen LogP contribution in [0.5, 0.6) is 0 Å². The maximum atomic E-state index is 12.1. The van der Waals surface area contributed by atoms with Gasteiger partial charge in [0.25, 0.3) is 5.91 Å². The maximum absolute atomic E-state index is 12.1. The van der Waals surface area contributed by atoms with Gasteiger partial charge in [-0.25, -0.2) is 9.48 Å². The predicted octanol–water partition coefficient (Wildman–Crippen LogP) is -0.0894. The van der Waals surface area contributed by atoms with E-state index >= 15 is 0 Å². The van der Waals surface area contributed by atoms with Crippen LogP contribution < -0.4 is 0 Å². The van der Waals surface area contributed by atoms with Crippen molar-refractivity contribution in [3.8, 4) is 0 Å². The van der Waals surface area contributed by atoms with Crippen molar-refractivity contribution in [3.05, 3.63) is 28.6 Å². The third-order valence-electron chi connectivity index (χ3n) is 3.74. The highest BCUT2D eigenvalue weighted by Crippen LogP contribution is 2.44. The smallest absolute Gasteiger partial charge is 0.353 e. The molecule has 1 saturated heterocycles. The van der Waals surface area contributed by atoms with Gasteiger partial charge in [0.1, 0.15) is 23.4 Å². The highest BCUT2D eigenvalue weighted by atomic mass is 32.2. The second-order valence-corrected chi connectivity index (χ2v) is 6.55. The number of carboxylic acid groups (broad SMARTS) is 2. The number of ether oxygens (including phenoxy) is 1. The zero-order chi connectivity index (χ0) is 19.6. The number of carbonyl (C=O) groups is 4. The number of carboxylic acids is 2. The van der Waals surface area contributed by atoms with Crippen LogP contribution in [-0.4, -0.2) is 65.9 Å². The largest absolute Gasteiger partial charge is 0.481 e. The number of esters is 1. The fourth-order valence-corrected chi connectivity index (χ4v) is 3.57. The van der Waals surface area contributed by atoms with E-state index in [4.69, 9.17) is 14.9 Å². The van der Waals surface area contributed by atoms with Gasteiger partial charge in [-0.3, -0.25) is 19.3 Å². The molecule has 2 N–H and O–H groups in total. The second-order valence-electron chi connectivity index (χ2n) is 5.59. The summed E-state index contributed by atoms with van der Waals surface area (Å²) in [6.45, 7) is 0.229. The Hall–Kier alpha value is -3.15. The molecule has 3 heterocycles. The van der Waals surface area contributed by atoms with Gasteiger partial charge in [-0.2, -0.15) is 0 Å². The molecule has 12 heteroatoms. The molecule has 0 saturated carbocycles. The highest BCUT2D eigenvalue weighted by molar-refractivity contribution is 8.03. The molecule has 27 heavy (non-hydrogen) atoms. The number of amides is 1. The Kier molecular flexibility index (Phi) is 5.26. The molecule has 0 unspecified atom stereocenters. The monoisotopic (exact) mass is 394 g/mol. The van der Waals surface area contributed by atoms with Gasteiger partial charge in [-0.15, -0.1) is 16.9 Å². The summed E-state index contributed by atoms with van der Waals surface area (Å²) in [5.41, 5.74) is 0.805. The summed E-state index contributed by atoms with van der Waals surface area (Å²) < 4.78 is 6.31. The van der Waals surface area contributed by atoms with Crippen LogP contribution in [0, 0.1) is 0 Å². The standard InChI is InChI=1S/C15H14N4O7S/c20-11(21)1-2-12(22)26-4-3-18-6-8(16-17-18)5-9-13(23)19-10(15(24)25)7-27-14(9)19/h5-7,14H,1-4H2,(H,20,21)(H,24,25)/b9-5-/t14-/m1/s1. The summed E-state index contributed by atoms with van der Waals surface area (Å²) in [7, 11) is 0. The fourth-order valence-electron chi connectivity index (χ4n) is 2.45. The number of hydrogen-bond donors (Lipinski definition) is 2. The Labute approximate surface area is 156 Å². The van der Waals surface area contributed by atoms with E-state index in [1.807, 2.05) is 0 Å². The summed E-state index contributed by atoms with van der Waals surface area (Å²) in [6.07, 6.45) is 2.60. The van der Waals surface area contributed by atoms with E-state index in [0.717, 1.165) is 0 Å².